The van der Waals surface area contributed by atoms with Crippen LogP contribution < -0.4 is 0 Å². The molecule has 0 radical (unpaired) electrons. The highest BCUT2D eigenvalue weighted by Gasteiger charge is 2.17. The molecule has 5 nitrogen and oxygen atoms in total. The van der Waals surface area contributed by atoms with Gasteiger partial charge in [-0.2, -0.15) is 4.98 Å². The van der Waals surface area contributed by atoms with Gasteiger partial charge in [0.2, 0.25) is 5.82 Å². The number of hydrogen-bond acceptors (Lipinski definition) is 5. The van der Waals surface area contributed by atoms with Crippen LogP contribution in [0.4, 0.5) is 4.39 Å². The number of carbonyl (C=O) groups excluding carboxylic acids is 1. The third-order valence-electron chi connectivity index (χ3n) is 2.00. The maximum absolute atomic E-state index is 13.1. The van der Waals surface area contributed by atoms with Gasteiger partial charge in [0, 0.05) is 10.6 Å². The summed E-state index contributed by atoms with van der Waals surface area (Å²) in [6, 6.07) is 3.80. The van der Waals surface area contributed by atoms with E-state index in [9.17, 15) is 9.18 Å². The van der Waals surface area contributed by atoms with Crippen LogP contribution in [-0.4, -0.2) is 22.7 Å². The van der Waals surface area contributed by atoms with E-state index < -0.39 is 11.8 Å². The van der Waals surface area contributed by atoms with Crippen molar-refractivity contribution in [3.8, 4) is 11.4 Å². The molecule has 2 rings (SSSR count). The Bertz CT molecular complexity index is 565. The summed E-state index contributed by atoms with van der Waals surface area (Å²) in [5, 5.41) is 3.76. The van der Waals surface area contributed by atoms with Crippen LogP contribution in [0, 0.1) is 5.82 Å². The molecule has 0 aliphatic rings. The number of carbonyl (C=O) groups is 1. The molecule has 7 heteroatoms. The van der Waals surface area contributed by atoms with Gasteiger partial charge in [0.15, 0.2) is 0 Å². The van der Waals surface area contributed by atoms with Gasteiger partial charge in [-0.3, -0.25) is 0 Å². The van der Waals surface area contributed by atoms with Crippen molar-refractivity contribution in [1.29, 1.82) is 0 Å². The number of benzene rings is 1. The Morgan fingerprint density at radius 1 is 1.50 bits per heavy atom. The van der Waals surface area contributed by atoms with Gasteiger partial charge in [0.05, 0.1) is 6.61 Å². The van der Waals surface area contributed by atoms with Crippen LogP contribution >= 0.6 is 11.6 Å². The first-order chi connectivity index (χ1) is 8.60. The van der Waals surface area contributed by atoms with Crippen molar-refractivity contribution in [1.82, 2.24) is 10.1 Å². The lowest BCUT2D eigenvalue weighted by Crippen LogP contribution is -2.04. The molecule has 18 heavy (non-hydrogen) atoms. The Hall–Kier alpha value is -1.95. The second kappa shape index (κ2) is 5.14. The Labute approximate surface area is 107 Å². The lowest BCUT2D eigenvalue weighted by Gasteiger charge is -1.96. The monoisotopic (exact) mass is 270 g/mol. The van der Waals surface area contributed by atoms with Crippen molar-refractivity contribution >= 4 is 17.6 Å². The maximum atomic E-state index is 13.1. The molecule has 2 aromatic rings. The van der Waals surface area contributed by atoms with E-state index in [1.807, 2.05) is 0 Å². The van der Waals surface area contributed by atoms with Crippen LogP contribution in [0.15, 0.2) is 22.7 Å². The summed E-state index contributed by atoms with van der Waals surface area (Å²) in [4.78, 5) is 15.1. The Morgan fingerprint density at radius 3 is 2.94 bits per heavy atom. The van der Waals surface area contributed by atoms with Crippen LogP contribution in [0.25, 0.3) is 11.4 Å². The second-order valence-corrected chi connectivity index (χ2v) is 3.74. The Kier molecular flexibility index (Phi) is 3.57. The molecule has 0 atom stereocenters. The van der Waals surface area contributed by atoms with Gasteiger partial charge in [0.1, 0.15) is 5.82 Å². The summed E-state index contributed by atoms with van der Waals surface area (Å²) >= 11 is 5.70. The fraction of sp³-hybridized carbons (Fsp3) is 0.182. The number of nitrogens with zero attached hydrogens (tertiary/aromatic N) is 2. The Morgan fingerprint density at radius 2 is 2.28 bits per heavy atom. The number of ether oxygens (including phenoxy) is 1. The van der Waals surface area contributed by atoms with E-state index in [-0.39, 0.29) is 23.3 Å². The summed E-state index contributed by atoms with van der Waals surface area (Å²) in [5.41, 5.74) is 0.319. The van der Waals surface area contributed by atoms with Crippen LogP contribution in [0.3, 0.4) is 0 Å². The predicted molar refractivity (Wildman–Crippen MR) is 60.7 cm³/mol. The number of halogens is 2. The van der Waals surface area contributed by atoms with Gasteiger partial charge < -0.3 is 9.26 Å². The van der Waals surface area contributed by atoms with Gasteiger partial charge in [-0.25, -0.2) is 9.18 Å². The van der Waals surface area contributed by atoms with E-state index in [0.29, 0.717) is 5.56 Å². The molecule has 0 spiro atoms. The first kappa shape index (κ1) is 12.5. The summed E-state index contributed by atoms with van der Waals surface area (Å²) < 4.78 is 22.5. The predicted octanol–water partition coefficient (Wildman–Crippen LogP) is 2.71. The minimum absolute atomic E-state index is 0.0689. The summed E-state index contributed by atoms with van der Waals surface area (Å²) in [6.07, 6.45) is 0. The van der Waals surface area contributed by atoms with Gasteiger partial charge >= 0.3 is 11.9 Å². The van der Waals surface area contributed by atoms with Crippen molar-refractivity contribution in [2.45, 2.75) is 6.92 Å². The molecule has 0 N–H and O–H groups in total. The fourth-order valence-electron chi connectivity index (χ4n) is 1.30. The van der Waals surface area contributed by atoms with Crippen LogP contribution in [0.1, 0.15) is 17.6 Å². The molecule has 0 aliphatic heterocycles. The van der Waals surface area contributed by atoms with Crippen molar-refractivity contribution in [3.63, 3.8) is 0 Å². The highest BCUT2D eigenvalue weighted by Crippen LogP contribution is 2.22. The molecule has 0 fully saturated rings. The van der Waals surface area contributed by atoms with E-state index >= 15 is 0 Å². The average Bonchev–Trinajstić information content (AvgIpc) is 2.77. The summed E-state index contributed by atoms with van der Waals surface area (Å²) in [7, 11) is 0. The van der Waals surface area contributed by atoms with Gasteiger partial charge in [0.25, 0.3) is 0 Å². The minimum Gasteiger partial charge on any atom is -0.459 e. The lowest BCUT2D eigenvalue weighted by atomic mass is 10.2. The maximum Gasteiger partial charge on any atom is 0.397 e. The first-order valence-corrected chi connectivity index (χ1v) is 5.45. The van der Waals surface area contributed by atoms with E-state index in [0.717, 1.165) is 6.07 Å². The minimum atomic E-state index is -0.723. The third kappa shape index (κ3) is 2.65. The SMILES string of the molecule is CCOC(=O)c1nc(-c2cc(F)cc(Cl)c2)no1. The number of esters is 1. The molecule has 0 aliphatic carbocycles. The largest absolute Gasteiger partial charge is 0.459 e. The smallest absolute Gasteiger partial charge is 0.397 e. The number of hydrogen-bond donors (Lipinski definition) is 0. The molecule has 0 amide bonds. The second-order valence-electron chi connectivity index (χ2n) is 3.30. The highest BCUT2D eigenvalue weighted by molar-refractivity contribution is 6.30. The average molecular weight is 271 g/mol. The van der Waals surface area contributed by atoms with Crippen LogP contribution in [-0.2, 0) is 4.74 Å². The van der Waals surface area contributed by atoms with Crippen molar-refractivity contribution in [3.05, 3.63) is 34.9 Å². The van der Waals surface area contributed by atoms with Crippen molar-refractivity contribution in [2.24, 2.45) is 0 Å². The number of aromatic nitrogens is 2. The first-order valence-electron chi connectivity index (χ1n) is 5.07. The topological polar surface area (TPSA) is 65.2 Å². The zero-order chi connectivity index (χ0) is 13.1. The van der Waals surface area contributed by atoms with E-state index in [1.54, 1.807) is 6.92 Å². The lowest BCUT2D eigenvalue weighted by molar-refractivity contribution is 0.0470. The van der Waals surface area contributed by atoms with Crippen molar-refractivity contribution < 1.29 is 18.4 Å². The van der Waals surface area contributed by atoms with Crippen LogP contribution in [0.5, 0.6) is 0 Å². The molecular formula is C11H8ClFN2O3. The van der Waals surface area contributed by atoms with E-state index in [1.165, 1.54) is 12.1 Å². The number of rotatable bonds is 3. The van der Waals surface area contributed by atoms with Gasteiger partial charge in [-0.15, -0.1) is 0 Å². The van der Waals surface area contributed by atoms with E-state index in [4.69, 9.17) is 16.1 Å². The normalized spacial score (nSPS) is 10.4. The molecule has 94 valence electrons. The molecule has 0 saturated heterocycles. The quantitative estimate of drug-likeness (QED) is 0.802. The van der Waals surface area contributed by atoms with Gasteiger partial charge in [-0.1, -0.05) is 16.8 Å². The summed E-state index contributed by atoms with van der Waals surface area (Å²) in [5.74, 6) is -1.47. The molecule has 1 aromatic carbocycles. The molecular weight excluding hydrogens is 263 g/mol. The highest BCUT2D eigenvalue weighted by atomic mass is 35.5. The molecule has 1 aromatic heterocycles. The molecule has 0 saturated carbocycles. The molecule has 1 heterocycles. The van der Waals surface area contributed by atoms with Crippen LogP contribution in [0.2, 0.25) is 5.02 Å². The Balaban J connectivity index is 2.32. The molecule has 0 unspecified atom stereocenters. The van der Waals surface area contributed by atoms with Gasteiger partial charge in [-0.05, 0) is 25.1 Å². The summed E-state index contributed by atoms with van der Waals surface area (Å²) in [6.45, 7) is 1.85. The zero-order valence-corrected chi connectivity index (χ0v) is 10.1. The zero-order valence-electron chi connectivity index (χ0n) is 9.31. The fourth-order valence-corrected chi connectivity index (χ4v) is 1.52. The molecule has 0 bridgehead atoms. The standard InChI is InChI=1S/C11H8ClFN2O3/c1-2-17-11(16)10-14-9(15-18-10)6-3-7(12)5-8(13)4-6/h3-5H,2H2,1H3. The van der Waals surface area contributed by atoms with Crippen molar-refractivity contribution in [2.75, 3.05) is 6.61 Å². The van der Waals surface area contributed by atoms with E-state index in [2.05, 4.69) is 14.9 Å². The third-order valence-corrected chi connectivity index (χ3v) is 2.22.